The predicted octanol–water partition coefficient (Wildman–Crippen LogP) is 5.27. The highest BCUT2D eigenvalue weighted by atomic mass is 16.7. The second-order valence-corrected chi connectivity index (χ2v) is 17.6. The molecule has 0 radical (unpaired) electrons. The van der Waals surface area contributed by atoms with Crippen molar-refractivity contribution in [1.29, 1.82) is 0 Å². The van der Waals surface area contributed by atoms with Crippen molar-refractivity contribution in [2.24, 2.45) is 50.2 Å². The summed E-state index contributed by atoms with van der Waals surface area (Å²) in [6, 6.07) is 0. The standard InChI is InChI=1S/C36H56O8/c1-31(2)25-8-11-36(7)29(34(25,5)10-9-26(31)44-27-17-22(38)28(40)24(19-37)43-27)23(39)16-20-21-18-33(4,30(41)42)13-12-32(21,3)14-15-35(20,36)6/h16,21-22,24-29,37-38,40H,8-15,17-19H2,1-7H3,(H,41,42)/t21?,22?,24?,25?,26?,27?,28?,29?,32-,33+,34+,35-,36-/m1/s1. The lowest BCUT2D eigenvalue weighted by Gasteiger charge is -2.70. The first kappa shape index (κ1) is 32.6. The number of carboxylic acids is 1. The number of aliphatic hydroxyl groups excluding tert-OH is 3. The fraction of sp³-hybridized carbons (Fsp3) is 0.889. The molecule has 0 aromatic carbocycles. The van der Waals surface area contributed by atoms with E-state index >= 15 is 0 Å². The molecule has 0 aromatic heterocycles. The number of hydrogen-bond acceptors (Lipinski definition) is 7. The molecule has 1 heterocycles. The van der Waals surface area contributed by atoms with Crippen LogP contribution in [0.1, 0.15) is 113 Å². The van der Waals surface area contributed by atoms with E-state index in [-0.39, 0.29) is 69.7 Å². The number of hydrogen-bond donors (Lipinski definition) is 4. The Morgan fingerprint density at radius 3 is 2.32 bits per heavy atom. The van der Waals surface area contributed by atoms with Crippen LogP contribution in [-0.2, 0) is 19.1 Å². The van der Waals surface area contributed by atoms with E-state index in [9.17, 15) is 30.0 Å². The Morgan fingerprint density at radius 2 is 1.66 bits per heavy atom. The topological polar surface area (TPSA) is 134 Å². The average molecular weight is 617 g/mol. The van der Waals surface area contributed by atoms with Crippen molar-refractivity contribution >= 4 is 11.8 Å². The van der Waals surface area contributed by atoms with Gasteiger partial charge >= 0.3 is 5.97 Å². The van der Waals surface area contributed by atoms with Crippen LogP contribution in [0, 0.1) is 50.2 Å². The van der Waals surface area contributed by atoms with Crippen LogP contribution in [0.25, 0.3) is 0 Å². The second kappa shape index (κ2) is 10.3. The molecule has 8 heteroatoms. The molecule has 0 spiro atoms. The van der Waals surface area contributed by atoms with Crippen LogP contribution in [-0.4, -0.2) is 69.5 Å². The van der Waals surface area contributed by atoms with Crippen molar-refractivity contribution in [1.82, 2.24) is 0 Å². The number of ether oxygens (including phenoxy) is 2. The minimum Gasteiger partial charge on any atom is -0.481 e. The number of allylic oxidation sites excluding steroid dienone is 2. The van der Waals surface area contributed by atoms with Gasteiger partial charge in [-0.15, -0.1) is 0 Å². The highest BCUT2D eigenvalue weighted by Crippen LogP contribution is 2.75. The molecule has 248 valence electrons. The number of carbonyl (C=O) groups is 2. The Balaban J connectivity index is 1.31. The lowest BCUT2D eigenvalue weighted by molar-refractivity contribution is -0.296. The largest absolute Gasteiger partial charge is 0.481 e. The Morgan fingerprint density at radius 1 is 0.977 bits per heavy atom. The summed E-state index contributed by atoms with van der Waals surface area (Å²) < 4.78 is 12.4. The molecule has 1 saturated heterocycles. The Bertz CT molecular complexity index is 1230. The minimum atomic E-state index is -1.14. The van der Waals surface area contributed by atoms with Gasteiger partial charge in [-0.05, 0) is 110 Å². The molecular weight excluding hydrogens is 560 g/mol. The fourth-order valence-corrected chi connectivity index (χ4v) is 11.9. The predicted molar refractivity (Wildman–Crippen MR) is 164 cm³/mol. The van der Waals surface area contributed by atoms with E-state index in [0.717, 1.165) is 44.9 Å². The van der Waals surface area contributed by atoms with Crippen LogP contribution in [0.15, 0.2) is 11.6 Å². The van der Waals surface area contributed by atoms with Gasteiger partial charge in [-0.2, -0.15) is 0 Å². The normalized spacial score (nSPS) is 53.4. The van der Waals surface area contributed by atoms with Gasteiger partial charge in [0.05, 0.1) is 24.2 Å². The quantitative estimate of drug-likeness (QED) is 0.314. The van der Waals surface area contributed by atoms with E-state index in [1.807, 2.05) is 13.0 Å². The highest BCUT2D eigenvalue weighted by molar-refractivity contribution is 5.95. The fourth-order valence-electron chi connectivity index (χ4n) is 11.9. The number of rotatable bonds is 4. The zero-order valence-corrected chi connectivity index (χ0v) is 27.9. The summed E-state index contributed by atoms with van der Waals surface area (Å²) in [5.41, 5.74) is -0.373. The third-order valence-corrected chi connectivity index (χ3v) is 15.1. The summed E-state index contributed by atoms with van der Waals surface area (Å²) >= 11 is 0. The monoisotopic (exact) mass is 616 g/mol. The van der Waals surface area contributed by atoms with Gasteiger partial charge in [0.25, 0.3) is 0 Å². The van der Waals surface area contributed by atoms with Crippen LogP contribution >= 0.6 is 0 Å². The molecule has 13 atom stereocenters. The molecule has 6 aliphatic rings. The van der Waals surface area contributed by atoms with Gasteiger partial charge in [0, 0.05) is 12.3 Å². The van der Waals surface area contributed by atoms with E-state index in [2.05, 4.69) is 41.5 Å². The molecule has 8 nitrogen and oxygen atoms in total. The molecule has 5 fully saturated rings. The minimum absolute atomic E-state index is 0.0299. The summed E-state index contributed by atoms with van der Waals surface area (Å²) in [5.74, 6) is -0.267. The summed E-state index contributed by atoms with van der Waals surface area (Å²) in [7, 11) is 0. The summed E-state index contributed by atoms with van der Waals surface area (Å²) in [6.07, 6.45) is 6.05. The van der Waals surface area contributed by atoms with E-state index in [1.165, 1.54) is 5.57 Å². The molecule has 44 heavy (non-hydrogen) atoms. The van der Waals surface area contributed by atoms with Gasteiger partial charge in [-0.25, -0.2) is 0 Å². The maximum atomic E-state index is 14.6. The van der Waals surface area contributed by atoms with Crippen molar-refractivity contribution in [3.8, 4) is 0 Å². The first-order chi connectivity index (χ1) is 20.4. The molecule has 0 bridgehead atoms. The molecule has 4 N–H and O–H groups in total. The van der Waals surface area contributed by atoms with Gasteiger partial charge in [0.2, 0.25) is 0 Å². The van der Waals surface area contributed by atoms with Gasteiger partial charge in [0.1, 0.15) is 12.2 Å². The lowest BCUT2D eigenvalue weighted by atomic mass is 9.33. The SMILES string of the molecule is CC1(C)C(OC2CC(O)C(O)C(CO)O2)CC[C@@]2(C)C1CC[C@]1(C)C2C(=O)C=C2C3C[C@@](C)(C(=O)O)CC[C@]3(C)CC[C@]21C. The maximum absolute atomic E-state index is 14.6. The lowest BCUT2D eigenvalue weighted by Crippen LogP contribution is -2.67. The maximum Gasteiger partial charge on any atom is 0.309 e. The third-order valence-electron chi connectivity index (χ3n) is 15.1. The van der Waals surface area contributed by atoms with Crippen molar-refractivity contribution in [2.45, 2.75) is 143 Å². The summed E-state index contributed by atoms with van der Waals surface area (Å²) in [6.45, 7) is 15.4. The summed E-state index contributed by atoms with van der Waals surface area (Å²) in [5, 5.41) is 40.4. The van der Waals surface area contributed by atoms with Crippen molar-refractivity contribution < 1.29 is 39.5 Å². The van der Waals surface area contributed by atoms with Crippen LogP contribution in [0.4, 0.5) is 0 Å². The number of ketones is 1. The van der Waals surface area contributed by atoms with Gasteiger partial charge < -0.3 is 29.9 Å². The van der Waals surface area contributed by atoms with Crippen LogP contribution < -0.4 is 0 Å². The number of aliphatic hydroxyl groups is 3. The Kier molecular flexibility index (Phi) is 7.66. The molecule has 6 rings (SSSR count). The highest BCUT2D eigenvalue weighted by Gasteiger charge is 2.70. The number of carboxylic acid groups (broad SMARTS) is 1. The number of aliphatic carboxylic acids is 1. The Labute approximate surface area is 263 Å². The van der Waals surface area contributed by atoms with Gasteiger partial charge in [-0.3, -0.25) is 9.59 Å². The van der Waals surface area contributed by atoms with E-state index < -0.39 is 36.0 Å². The molecule has 5 aliphatic carbocycles. The molecule has 4 saturated carbocycles. The van der Waals surface area contributed by atoms with Crippen LogP contribution in [0.3, 0.4) is 0 Å². The zero-order chi connectivity index (χ0) is 32.3. The smallest absolute Gasteiger partial charge is 0.309 e. The molecular formula is C36H56O8. The van der Waals surface area contributed by atoms with Crippen molar-refractivity contribution in [2.75, 3.05) is 6.61 Å². The molecule has 1 aliphatic heterocycles. The zero-order valence-electron chi connectivity index (χ0n) is 27.9. The molecule has 0 aromatic rings. The Hall–Kier alpha value is -1.32. The first-order valence-corrected chi connectivity index (χ1v) is 17.1. The second-order valence-electron chi connectivity index (χ2n) is 17.6. The van der Waals surface area contributed by atoms with E-state index in [1.54, 1.807) is 0 Å². The van der Waals surface area contributed by atoms with Gasteiger partial charge in [-0.1, -0.05) is 47.1 Å². The molecule has 0 amide bonds. The van der Waals surface area contributed by atoms with E-state index in [4.69, 9.17) is 9.47 Å². The van der Waals surface area contributed by atoms with Crippen molar-refractivity contribution in [3.05, 3.63) is 11.6 Å². The number of carbonyl (C=O) groups excluding carboxylic acids is 1. The number of fused-ring (bicyclic) bond motifs is 7. The van der Waals surface area contributed by atoms with E-state index in [0.29, 0.717) is 12.8 Å². The van der Waals surface area contributed by atoms with Crippen LogP contribution in [0.5, 0.6) is 0 Å². The van der Waals surface area contributed by atoms with Crippen LogP contribution in [0.2, 0.25) is 0 Å². The van der Waals surface area contributed by atoms with Crippen molar-refractivity contribution in [3.63, 3.8) is 0 Å². The first-order valence-electron chi connectivity index (χ1n) is 17.1. The summed E-state index contributed by atoms with van der Waals surface area (Å²) in [4.78, 5) is 27.0. The molecule has 8 unspecified atom stereocenters. The van der Waals surface area contributed by atoms with Gasteiger partial charge in [0.15, 0.2) is 12.1 Å². The third kappa shape index (κ3) is 4.40. The average Bonchev–Trinajstić information content (AvgIpc) is 2.94.